The third-order valence-corrected chi connectivity index (χ3v) is 5.50. The van der Waals surface area contributed by atoms with Gasteiger partial charge < -0.3 is 30.0 Å². The molecule has 150 valence electrons. The highest BCUT2D eigenvalue weighted by Gasteiger charge is 2.26. The fraction of sp³-hybridized carbons (Fsp3) is 1.00. The molecule has 0 aromatic rings. The number of hydrogen-bond acceptors (Lipinski definition) is 7. The second-order valence-corrected chi connectivity index (χ2v) is 6.84. The van der Waals surface area contributed by atoms with Crippen LogP contribution in [0.5, 0.6) is 0 Å². The van der Waals surface area contributed by atoms with Gasteiger partial charge in [-0.15, -0.1) is 0 Å². The van der Waals surface area contributed by atoms with Gasteiger partial charge in [-0.2, -0.15) is 0 Å². The monoisotopic (exact) mass is 360 g/mol. The minimum absolute atomic E-state index is 0.135. The first kappa shape index (κ1) is 22.8. The normalized spacial score (nSPS) is 23.8. The van der Waals surface area contributed by atoms with Gasteiger partial charge in [0.2, 0.25) is 0 Å². The van der Waals surface area contributed by atoms with Crippen LogP contribution in [0.25, 0.3) is 0 Å². The van der Waals surface area contributed by atoms with Gasteiger partial charge in [0.15, 0.2) is 0 Å². The lowest BCUT2D eigenvalue weighted by atomic mass is 10.1. The lowest BCUT2D eigenvalue weighted by Crippen LogP contribution is -2.53. The summed E-state index contributed by atoms with van der Waals surface area (Å²) in [6.07, 6.45) is -0.904. The SMILES string of the molecule is CCN1CCN(CC)CCN(C(CO)C(O)CO)CCN(CC)CC1. The highest BCUT2D eigenvalue weighted by Crippen LogP contribution is 2.07. The number of rotatable bonds is 7. The molecule has 1 aliphatic rings. The Morgan fingerprint density at radius 2 is 1.00 bits per heavy atom. The predicted octanol–water partition coefficient (Wildman–Crippen LogP) is -1.02. The summed E-state index contributed by atoms with van der Waals surface area (Å²) in [5, 5.41) is 29.1. The van der Waals surface area contributed by atoms with Gasteiger partial charge in [-0.1, -0.05) is 20.8 Å². The van der Waals surface area contributed by atoms with Crippen LogP contribution in [0.3, 0.4) is 0 Å². The first-order valence-corrected chi connectivity index (χ1v) is 9.90. The van der Waals surface area contributed by atoms with E-state index >= 15 is 0 Å². The Hall–Kier alpha value is -0.280. The van der Waals surface area contributed by atoms with Crippen molar-refractivity contribution in [3.63, 3.8) is 0 Å². The molecule has 0 aromatic carbocycles. The average Bonchev–Trinajstić information content (AvgIpc) is 2.64. The summed E-state index contributed by atoms with van der Waals surface area (Å²) in [5.41, 5.74) is 0. The van der Waals surface area contributed by atoms with Gasteiger partial charge >= 0.3 is 0 Å². The molecule has 0 bridgehead atoms. The van der Waals surface area contributed by atoms with Crippen LogP contribution >= 0.6 is 0 Å². The first-order valence-electron chi connectivity index (χ1n) is 9.90. The topological polar surface area (TPSA) is 73.7 Å². The Morgan fingerprint density at radius 1 is 0.640 bits per heavy atom. The number of aliphatic hydroxyl groups is 3. The molecule has 0 saturated carbocycles. The molecule has 1 fully saturated rings. The van der Waals surface area contributed by atoms with Gasteiger partial charge in [-0.05, 0) is 19.6 Å². The largest absolute Gasteiger partial charge is 0.395 e. The molecular formula is C18H40N4O3. The molecule has 7 heteroatoms. The summed E-state index contributed by atoms with van der Waals surface area (Å²) in [4.78, 5) is 9.51. The molecule has 0 spiro atoms. The molecule has 1 aliphatic heterocycles. The van der Waals surface area contributed by atoms with Crippen LogP contribution in [0.15, 0.2) is 0 Å². The molecule has 2 atom stereocenters. The maximum absolute atomic E-state index is 10.1. The maximum Gasteiger partial charge on any atom is 0.0947 e. The van der Waals surface area contributed by atoms with Crippen molar-refractivity contribution in [2.45, 2.75) is 32.9 Å². The highest BCUT2D eigenvalue weighted by molar-refractivity contribution is 4.81. The molecule has 1 saturated heterocycles. The van der Waals surface area contributed by atoms with Crippen molar-refractivity contribution in [2.24, 2.45) is 0 Å². The zero-order chi connectivity index (χ0) is 18.7. The molecule has 2 unspecified atom stereocenters. The predicted molar refractivity (Wildman–Crippen MR) is 102 cm³/mol. The molecule has 25 heavy (non-hydrogen) atoms. The van der Waals surface area contributed by atoms with Crippen molar-refractivity contribution in [1.29, 1.82) is 0 Å². The molecule has 3 N–H and O–H groups in total. The van der Waals surface area contributed by atoms with Gasteiger partial charge in [-0.3, -0.25) is 4.90 Å². The maximum atomic E-state index is 10.1. The molecular weight excluding hydrogens is 320 g/mol. The van der Waals surface area contributed by atoms with E-state index in [1.165, 1.54) is 0 Å². The second kappa shape index (κ2) is 13.0. The van der Waals surface area contributed by atoms with Crippen molar-refractivity contribution >= 4 is 0 Å². The van der Waals surface area contributed by atoms with E-state index in [1.807, 2.05) is 0 Å². The number of aliphatic hydroxyl groups excluding tert-OH is 3. The molecule has 1 rings (SSSR count). The van der Waals surface area contributed by atoms with Crippen LogP contribution in [0.1, 0.15) is 20.8 Å². The Labute approximate surface area is 153 Å². The zero-order valence-corrected chi connectivity index (χ0v) is 16.5. The van der Waals surface area contributed by atoms with Crippen molar-refractivity contribution in [3.05, 3.63) is 0 Å². The van der Waals surface area contributed by atoms with Crippen LogP contribution in [0, 0.1) is 0 Å². The molecule has 0 radical (unpaired) electrons. The van der Waals surface area contributed by atoms with E-state index in [4.69, 9.17) is 0 Å². The Bertz CT molecular complexity index is 315. The summed E-state index contributed by atoms with van der Waals surface area (Å²) in [5.74, 6) is 0. The summed E-state index contributed by atoms with van der Waals surface area (Å²) in [7, 11) is 0. The van der Waals surface area contributed by atoms with E-state index in [-0.39, 0.29) is 13.2 Å². The van der Waals surface area contributed by atoms with Gasteiger partial charge in [0, 0.05) is 52.4 Å². The van der Waals surface area contributed by atoms with Crippen molar-refractivity contribution in [3.8, 4) is 0 Å². The van der Waals surface area contributed by atoms with E-state index in [2.05, 4.69) is 40.4 Å². The van der Waals surface area contributed by atoms with E-state index in [9.17, 15) is 15.3 Å². The molecule has 0 amide bonds. The molecule has 1 heterocycles. The van der Waals surface area contributed by atoms with Gasteiger partial charge in [0.05, 0.1) is 25.4 Å². The van der Waals surface area contributed by atoms with E-state index < -0.39 is 12.1 Å². The van der Waals surface area contributed by atoms with Crippen molar-refractivity contribution in [2.75, 3.05) is 85.2 Å². The third-order valence-electron chi connectivity index (χ3n) is 5.50. The fourth-order valence-corrected chi connectivity index (χ4v) is 3.44. The van der Waals surface area contributed by atoms with Crippen LogP contribution in [0.4, 0.5) is 0 Å². The van der Waals surface area contributed by atoms with Crippen LogP contribution < -0.4 is 0 Å². The molecule has 0 aliphatic carbocycles. The van der Waals surface area contributed by atoms with Crippen molar-refractivity contribution in [1.82, 2.24) is 19.6 Å². The van der Waals surface area contributed by atoms with Crippen LogP contribution in [-0.2, 0) is 0 Å². The number of nitrogens with zero attached hydrogens (tertiary/aromatic N) is 4. The minimum Gasteiger partial charge on any atom is -0.395 e. The van der Waals surface area contributed by atoms with E-state index in [0.29, 0.717) is 0 Å². The van der Waals surface area contributed by atoms with E-state index in [1.54, 1.807) is 0 Å². The van der Waals surface area contributed by atoms with Gasteiger partial charge in [0.1, 0.15) is 0 Å². The van der Waals surface area contributed by atoms with Gasteiger partial charge in [0.25, 0.3) is 0 Å². The Morgan fingerprint density at radius 3 is 1.28 bits per heavy atom. The number of likely N-dealkylation sites (N-methyl/N-ethyl adjacent to an activating group) is 3. The molecule has 0 aromatic heterocycles. The number of hydrogen-bond donors (Lipinski definition) is 3. The lowest BCUT2D eigenvalue weighted by molar-refractivity contribution is -0.0194. The lowest BCUT2D eigenvalue weighted by Gasteiger charge is -2.37. The first-order chi connectivity index (χ1) is 12.1. The summed E-state index contributed by atoms with van der Waals surface area (Å²) >= 11 is 0. The zero-order valence-electron chi connectivity index (χ0n) is 16.5. The smallest absolute Gasteiger partial charge is 0.0947 e. The second-order valence-electron chi connectivity index (χ2n) is 6.84. The van der Waals surface area contributed by atoms with Crippen molar-refractivity contribution < 1.29 is 15.3 Å². The van der Waals surface area contributed by atoms with E-state index in [0.717, 1.165) is 72.0 Å². The minimum atomic E-state index is -0.904. The highest BCUT2D eigenvalue weighted by atomic mass is 16.3. The Balaban J connectivity index is 2.82. The third kappa shape index (κ3) is 7.86. The standard InChI is InChI=1S/C18H40N4O3/c1-4-19-7-9-20(5-2)11-13-22(17(15-23)18(25)16-24)14-12-21(6-3)10-8-19/h17-18,23-25H,4-16H2,1-3H3. The summed E-state index contributed by atoms with van der Waals surface area (Å²) in [6, 6.07) is -0.405. The summed E-state index contributed by atoms with van der Waals surface area (Å²) in [6.45, 7) is 16.8. The molecule has 7 nitrogen and oxygen atoms in total. The Kier molecular flexibility index (Phi) is 11.8. The fourth-order valence-electron chi connectivity index (χ4n) is 3.44. The van der Waals surface area contributed by atoms with Crippen LogP contribution in [0.2, 0.25) is 0 Å². The van der Waals surface area contributed by atoms with Crippen LogP contribution in [-0.4, -0.2) is 132 Å². The van der Waals surface area contributed by atoms with Gasteiger partial charge in [-0.25, -0.2) is 0 Å². The quantitative estimate of drug-likeness (QED) is 0.537. The summed E-state index contributed by atoms with van der Waals surface area (Å²) < 4.78 is 0. The average molecular weight is 361 g/mol.